The smallest absolute Gasteiger partial charge is 0.263 e. The highest BCUT2D eigenvalue weighted by atomic mass is 32.1. The minimum Gasteiger partial charge on any atom is -0.346 e. The van der Waals surface area contributed by atoms with Crippen molar-refractivity contribution in [1.29, 1.82) is 0 Å². The van der Waals surface area contributed by atoms with Crippen molar-refractivity contribution in [2.45, 2.75) is 32.2 Å². The van der Waals surface area contributed by atoms with E-state index in [1.54, 1.807) is 0 Å². The van der Waals surface area contributed by atoms with E-state index in [0.717, 1.165) is 5.56 Å². The Hall–Kier alpha value is -1.31. The van der Waals surface area contributed by atoms with Crippen molar-refractivity contribution in [3.8, 4) is 11.8 Å². The Morgan fingerprint density at radius 3 is 2.94 bits per heavy atom. The molecule has 0 spiro atoms. The maximum absolute atomic E-state index is 12.2. The molecule has 3 nitrogen and oxygen atoms in total. The van der Waals surface area contributed by atoms with Crippen molar-refractivity contribution in [2.24, 2.45) is 11.7 Å². The summed E-state index contributed by atoms with van der Waals surface area (Å²) in [5, 5.41) is 5.00. The molecule has 1 aliphatic carbocycles. The zero-order valence-electron chi connectivity index (χ0n) is 10.7. The first kappa shape index (κ1) is 13.1. The summed E-state index contributed by atoms with van der Waals surface area (Å²) in [6, 6.07) is 1.87. The minimum absolute atomic E-state index is 0.0248. The molecule has 96 valence electrons. The third-order valence-electron chi connectivity index (χ3n) is 3.23. The molecule has 0 bridgehead atoms. The first-order valence-corrected chi connectivity index (χ1v) is 7.01. The Kier molecular flexibility index (Phi) is 3.74. The molecule has 1 heterocycles. The van der Waals surface area contributed by atoms with Crippen molar-refractivity contribution in [3.63, 3.8) is 0 Å². The minimum atomic E-state index is -0.125. The van der Waals surface area contributed by atoms with Gasteiger partial charge in [-0.25, -0.2) is 0 Å². The topological polar surface area (TPSA) is 55.1 Å². The zero-order chi connectivity index (χ0) is 13.2. The van der Waals surface area contributed by atoms with E-state index in [-0.39, 0.29) is 11.4 Å². The van der Waals surface area contributed by atoms with Crippen LogP contribution in [-0.4, -0.2) is 18.0 Å². The van der Waals surface area contributed by atoms with E-state index in [2.05, 4.69) is 31.0 Å². The predicted octanol–water partition coefficient (Wildman–Crippen LogP) is 1.98. The van der Waals surface area contributed by atoms with Crippen molar-refractivity contribution in [2.75, 3.05) is 6.54 Å². The number of carbonyl (C=O) groups is 1. The molecule has 2 rings (SSSR count). The van der Waals surface area contributed by atoms with E-state index < -0.39 is 0 Å². The van der Waals surface area contributed by atoms with Crippen LogP contribution < -0.4 is 11.1 Å². The number of hydrogen-bond donors (Lipinski definition) is 2. The number of rotatable bonds is 3. The van der Waals surface area contributed by atoms with Crippen LogP contribution in [0.4, 0.5) is 0 Å². The van der Waals surface area contributed by atoms with Crippen LogP contribution in [0.5, 0.6) is 0 Å². The molecule has 0 saturated heterocycles. The van der Waals surface area contributed by atoms with Crippen molar-refractivity contribution < 1.29 is 4.79 Å². The van der Waals surface area contributed by atoms with Crippen LogP contribution in [0.15, 0.2) is 11.4 Å². The summed E-state index contributed by atoms with van der Waals surface area (Å²) in [6.07, 6.45) is 2.41. The van der Waals surface area contributed by atoms with Crippen LogP contribution in [0.1, 0.15) is 41.9 Å². The maximum Gasteiger partial charge on any atom is 0.263 e. The fourth-order valence-electron chi connectivity index (χ4n) is 1.99. The molecule has 18 heavy (non-hydrogen) atoms. The van der Waals surface area contributed by atoms with E-state index in [1.165, 1.54) is 24.2 Å². The molecule has 0 radical (unpaired) electrons. The molecule has 0 atom stereocenters. The van der Waals surface area contributed by atoms with E-state index in [4.69, 9.17) is 5.73 Å². The average Bonchev–Trinajstić information content (AvgIpc) is 3.06. The monoisotopic (exact) mass is 262 g/mol. The average molecular weight is 262 g/mol. The molecule has 1 amide bonds. The van der Waals surface area contributed by atoms with Crippen molar-refractivity contribution in [1.82, 2.24) is 5.32 Å². The van der Waals surface area contributed by atoms with Crippen molar-refractivity contribution >= 4 is 17.2 Å². The van der Waals surface area contributed by atoms with Gasteiger partial charge in [-0.1, -0.05) is 11.8 Å². The highest BCUT2D eigenvalue weighted by Gasteiger charge is 2.39. The molecule has 4 heteroatoms. The standard InChI is InChI=1S/C14H18N2OS/c1-14(2,11-5-6-11)16-13(17)12-10(4-3-8-15)7-9-18-12/h7,9,11H,5-6,8,15H2,1-2H3,(H,16,17). The summed E-state index contributed by atoms with van der Waals surface area (Å²) in [4.78, 5) is 12.9. The van der Waals surface area contributed by atoms with Crippen LogP contribution in [-0.2, 0) is 0 Å². The lowest BCUT2D eigenvalue weighted by Gasteiger charge is -2.25. The molecule has 3 N–H and O–H groups in total. The van der Waals surface area contributed by atoms with Gasteiger partial charge >= 0.3 is 0 Å². The lowest BCUT2D eigenvalue weighted by atomic mass is 9.98. The number of nitrogens with two attached hydrogens (primary N) is 1. The Morgan fingerprint density at radius 2 is 2.33 bits per heavy atom. The Morgan fingerprint density at radius 1 is 1.61 bits per heavy atom. The number of hydrogen-bond acceptors (Lipinski definition) is 3. The lowest BCUT2D eigenvalue weighted by molar-refractivity contribution is 0.0907. The van der Waals surface area contributed by atoms with Crippen molar-refractivity contribution in [3.05, 3.63) is 21.9 Å². The van der Waals surface area contributed by atoms with E-state index in [9.17, 15) is 4.79 Å². The van der Waals surface area contributed by atoms with Gasteiger partial charge in [0.2, 0.25) is 0 Å². The summed E-state index contributed by atoms with van der Waals surface area (Å²) in [5.41, 5.74) is 6.00. The number of nitrogens with one attached hydrogen (secondary N) is 1. The normalized spacial score (nSPS) is 14.8. The number of amides is 1. The summed E-state index contributed by atoms with van der Waals surface area (Å²) >= 11 is 1.43. The molecule has 1 fully saturated rings. The van der Waals surface area contributed by atoms with Crippen LogP contribution in [0.25, 0.3) is 0 Å². The second-order valence-electron chi connectivity index (χ2n) is 5.12. The zero-order valence-corrected chi connectivity index (χ0v) is 11.6. The highest BCUT2D eigenvalue weighted by Crippen LogP contribution is 2.39. The Bertz CT molecular complexity index is 503. The molecule has 1 aliphatic rings. The summed E-state index contributed by atoms with van der Waals surface area (Å²) in [7, 11) is 0. The van der Waals surface area contributed by atoms with Crippen LogP contribution in [0.2, 0.25) is 0 Å². The molecular formula is C14H18N2OS. The van der Waals surface area contributed by atoms with Gasteiger partial charge in [-0.05, 0) is 44.1 Å². The second kappa shape index (κ2) is 5.13. The summed E-state index contributed by atoms with van der Waals surface area (Å²) in [5.74, 6) is 6.31. The molecule has 0 aliphatic heterocycles. The van der Waals surface area contributed by atoms with Gasteiger partial charge in [-0.2, -0.15) is 0 Å². The number of carbonyl (C=O) groups excluding carboxylic acids is 1. The first-order valence-electron chi connectivity index (χ1n) is 6.13. The molecular weight excluding hydrogens is 244 g/mol. The molecule has 0 aromatic carbocycles. The molecule has 0 unspecified atom stereocenters. The van der Waals surface area contributed by atoms with Gasteiger partial charge in [-0.3, -0.25) is 4.79 Å². The highest BCUT2D eigenvalue weighted by molar-refractivity contribution is 7.12. The fraction of sp³-hybridized carbons (Fsp3) is 0.500. The largest absolute Gasteiger partial charge is 0.346 e. The Balaban J connectivity index is 2.11. The van der Waals surface area contributed by atoms with Crippen LogP contribution in [0, 0.1) is 17.8 Å². The number of thiophene rings is 1. The fourth-order valence-corrected chi connectivity index (χ4v) is 2.73. The molecule has 1 saturated carbocycles. The molecule has 1 aromatic rings. The lowest BCUT2D eigenvalue weighted by Crippen LogP contribution is -2.45. The van der Waals surface area contributed by atoms with Gasteiger partial charge in [0.1, 0.15) is 4.88 Å². The van der Waals surface area contributed by atoms with Gasteiger partial charge in [0.15, 0.2) is 0 Å². The first-order chi connectivity index (χ1) is 8.54. The third kappa shape index (κ3) is 2.92. The van der Waals surface area contributed by atoms with Crippen LogP contribution in [0.3, 0.4) is 0 Å². The van der Waals surface area contributed by atoms with E-state index in [1.807, 2.05) is 11.4 Å². The predicted molar refractivity (Wildman–Crippen MR) is 74.5 cm³/mol. The summed E-state index contributed by atoms with van der Waals surface area (Å²) in [6.45, 7) is 4.48. The van der Waals surface area contributed by atoms with E-state index >= 15 is 0 Å². The quantitative estimate of drug-likeness (QED) is 0.818. The van der Waals surface area contributed by atoms with E-state index in [0.29, 0.717) is 17.3 Å². The van der Waals surface area contributed by atoms with Gasteiger partial charge in [0.25, 0.3) is 5.91 Å². The van der Waals surface area contributed by atoms with Gasteiger partial charge in [0, 0.05) is 11.1 Å². The second-order valence-corrected chi connectivity index (χ2v) is 6.04. The maximum atomic E-state index is 12.2. The van der Waals surface area contributed by atoms with Crippen LogP contribution >= 0.6 is 11.3 Å². The SMILES string of the molecule is CC(C)(NC(=O)c1sccc1C#CCN)C1CC1. The van der Waals surface area contributed by atoms with Gasteiger partial charge in [0.05, 0.1) is 6.54 Å². The van der Waals surface area contributed by atoms with Gasteiger partial charge < -0.3 is 11.1 Å². The van der Waals surface area contributed by atoms with Gasteiger partial charge in [-0.15, -0.1) is 11.3 Å². The Labute approximate surface area is 112 Å². The third-order valence-corrected chi connectivity index (χ3v) is 4.14. The summed E-state index contributed by atoms with van der Waals surface area (Å²) < 4.78 is 0. The molecule has 1 aromatic heterocycles.